The first-order chi connectivity index (χ1) is 19.8. The van der Waals surface area contributed by atoms with E-state index in [1.54, 1.807) is 11.8 Å². The van der Waals surface area contributed by atoms with Gasteiger partial charge in [-0.2, -0.15) is 0 Å². The molecule has 2 aromatic rings. The van der Waals surface area contributed by atoms with Crippen molar-refractivity contribution < 1.29 is 19.1 Å². The highest BCUT2D eigenvalue weighted by molar-refractivity contribution is 6.30. The highest BCUT2D eigenvalue weighted by Crippen LogP contribution is 2.45. The number of esters is 1. The maximum absolute atomic E-state index is 12.7. The van der Waals surface area contributed by atoms with Gasteiger partial charge in [0.2, 0.25) is 11.8 Å². The fourth-order valence-electron chi connectivity index (χ4n) is 7.09. The molecule has 2 aliphatic heterocycles. The summed E-state index contributed by atoms with van der Waals surface area (Å²) >= 11 is 12.5. The van der Waals surface area contributed by atoms with Crippen LogP contribution in [0.1, 0.15) is 68.9 Å². The maximum Gasteiger partial charge on any atom is 0.315 e. The number of halogens is 2. The molecule has 5 rings (SSSR count). The van der Waals surface area contributed by atoms with Gasteiger partial charge in [0.25, 0.3) is 0 Å². The number of amides is 2. The molecule has 220 valence electrons. The van der Waals surface area contributed by atoms with Crippen molar-refractivity contribution in [2.45, 2.75) is 75.9 Å². The van der Waals surface area contributed by atoms with Gasteiger partial charge in [-0.05, 0) is 86.3 Å². The maximum atomic E-state index is 12.7. The SMILES string of the molecule is CCOC(=O)CC(=O)N1CCC(NC2CC(=O)NC3CCC(C(c4ccc(Cl)cc4)c4ccc(Cl)cc4)CC32)CC1. The molecule has 0 aromatic heterocycles. The summed E-state index contributed by atoms with van der Waals surface area (Å²) in [6, 6.07) is 16.8. The fourth-order valence-corrected chi connectivity index (χ4v) is 7.34. The third-order valence-electron chi connectivity index (χ3n) is 9.04. The van der Waals surface area contributed by atoms with E-state index < -0.39 is 5.97 Å². The van der Waals surface area contributed by atoms with Crippen molar-refractivity contribution in [3.8, 4) is 0 Å². The van der Waals surface area contributed by atoms with E-state index in [4.69, 9.17) is 27.9 Å². The number of likely N-dealkylation sites (tertiary alicyclic amines) is 1. The van der Waals surface area contributed by atoms with Crippen LogP contribution in [-0.2, 0) is 19.1 Å². The third kappa shape index (κ3) is 7.43. The summed E-state index contributed by atoms with van der Waals surface area (Å²) in [6.45, 7) is 3.21. The number of ether oxygens (including phenoxy) is 1. The highest BCUT2D eigenvalue weighted by Gasteiger charge is 2.43. The molecule has 2 aromatic carbocycles. The first-order valence-corrected chi connectivity index (χ1v) is 15.6. The Morgan fingerprint density at radius 1 is 0.976 bits per heavy atom. The molecule has 2 heterocycles. The van der Waals surface area contributed by atoms with Gasteiger partial charge in [0.05, 0.1) is 6.61 Å². The predicted molar refractivity (Wildman–Crippen MR) is 160 cm³/mol. The molecule has 3 aliphatic rings. The largest absolute Gasteiger partial charge is 0.466 e. The lowest BCUT2D eigenvalue weighted by Crippen LogP contribution is -2.60. The summed E-state index contributed by atoms with van der Waals surface area (Å²) in [4.78, 5) is 38.7. The van der Waals surface area contributed by atoms with E-state index in [2.05, 4.69) is 34.9 Å². The molecule has 0 bridgehead atoms. The minimum absolute atomic E-state index is 0.0828. The Hall–Kier alpha value is -2.61. The van der Waals surface area contributed by atoms with Crippen molar-refractivity contribution >= 4 is 41.0 Å². The van der Waals surface area contributed by atoms with E-state index in [0.717, 1.165) is 42.1 Å². The number of benzene rings is 2. The van der Waals surface area contributed by atoms with Gasteiger partial charge in [0.15, 0.2) is 0 Å². The zero-order valence-corrected chi connectivity index (χ0v) is 25.0. The van der Waals surface area contributed by atoms with Crippen LogP contribution in [0.25, 0.3) is 0 Å². The molecule has 2 saturated heterocycles. The van der Waals surface area contributed by atoms with Crippen LogP contribution in [0.5, 0.6) is 0 Å². The zero-order chi connectivity index (χ0) is 28.9. The number of carbonyl (C=O) groups excluding carboxylic acids is 3. The first-order valence-electron chi connectivity index (χ1n) is 14.8. The van der Waals surface area contributed by atoms with Crippen LogP contribution in [0.3, 0.4) is 0 Å². The van der Waals surface area contributed by atoms with Crippen LogP contribution in [0.4, 0.5) is 0 Å². The van der Waals surface area contributed by atoms with E-state index in [0.29, 0.717) is 31.3 Å². The monoisotopic (exact) mass is 599 g/mol. The van der Waals surface area contributed by atoms with Crippen molar-refractivity contribution in [1.29, 1.82) is 0 Å². The molecular formula is C32H39Cl2N3O4. The number of piperidine rings is 2. The van der Waals surface area contributed by atoms with Gasteiger partial charge >= 0.3 is 5.97 Å². The molecule has 1 saturated carbocycles. The molecule has 41 heavy (non-hydrogen) atoms. The summed E-state index contributed by atoms with van der Waals surface area (Å²) in [7, 11) is 0. The highest BCUT2D eigenvalue weighted by atomic mass is 35.5. The summed E-state index contributed by atoms with van der Waals surface area (Å²) in [5.74, 6) is 0.384. The van der Waals surface area contributed by atoms with Crippen molar-refractivity contribution in [2.24, 2.45) is 11.8 Å². The van der Waals surface area contributed by atoms with Crippen LogP contribution in [0.2, 0.25) is 10.0 Å². The first kappa shape index (κ1) is 29.9. The van der Waals surface area contributed by atoms with Gasteiger partial charge in [-0.25, -0.2) is 0 Å². The molecule has 1 aliphatic carbocycles. The number of nitrogens with one attached hydrogen (secondary N) is 2. The van der Waals surface area contributed by atoms with E-state index in [1.165, 1.54) is 11.1 Å². The second kappa shape index (κ2) is 13.6. The van der Waals surface area contributed by atoms with Crippen molar-refractivity contribution in [3.63, 3.8) is 0 Å². The van der Waals surface area contributed by atoms with Crippen molar-refractivity contribution in [1.82, 2.24) is 15.5 Å². The van der Waals surface area contributed by atoms with Crippen LogP contribution in [0, 0.1) is 11.8 Å². The average Bonchev–Trinajstić information content (AvgIpc) is 2.96. The Labute approximate surface area is 252 Å². The molecule has 9 heteroatoms. The molecule has 4 atom stereocenters. The molecule has 2 N–H and O–H groups in total. The second-order valence-electron chi connectivity index (χ2n) is 11.6. The Bertz CT molecular complexity index is 1170. The Balaban J connectivity index is 1.27. The molecule has 7 nitrogen and oxygen atoms in total. The number of rotatable bonds is 8. The molecule has 0 spiro atoms. The van der Waals surface area contributed by atoms with Crippen LogP contribution in [0.15, 0.2) is 48.5 Å². The topological polar surface area (TPSA) is 87.7 Å². The van der Waals surface area contributed by atoms with Crippen LogP contribution in [-0.4, -0.2) is 60.5 Å². The van der Waals surface area contributed by atoms with E-state index in [1.807, 2.05) is 24.3 Å². The van der Waals surface area contributed by atoms with Gasteiger partial charge in [-0.15, -0.1) is 0 Å². The van der Waals surface area contributed by atoms with Crippen molar-refractivity contribution in [2.75, 3.05) is 19.7 Å². The molecule has 2 amide bonds. The van der Waals surface area contributed by atoms with E-state index >= 15 is 0 Å². The van der Waals surface area contributed by atoms with Gasteiger partial charge in [0, 0.05) is 53.6 Å². The lowest BCUT2D eigenvalue weighted by molar-refractivity contribution is -0.149. The number of fused-ring (bicyclic) bond motifs is 1. The summed E-state index contributed by atoms with van der Waals surface area (Å²) in [5.41, 5.74) is 2.48. The Kier molecular flexibility index (Phi) is 9.89. The standard InChI is InChI=1S/C32H39Cl2N3O4/c1-2-41-31(40)19-30(39)37-15-13-25(14-16-37)35-28-18-29(38)36-27-12-7-22(17-26(27)28)32(20-3-8-23(33)9-4-20)21-5-10-24(34)11-6-21/h3-6,8-11,22,25-28,32,35H,2,7,12-19H2,1H3,(H,36,38). The third-order valence-corrected chi connectivity index (χ3v) is 9.54. The molecular weight excluding hydrogens is 561 g/mol. The minimum Gasteiger partial charge on any atom is -0.466 e. The summed E-state index contributed by atoms with van der Waals surface area (Å²) in [6.07, 6.45) is 4.81. The number of hydrogen-bond acceptors (Lipinski definition) is 5. The quantitative estimate of drug-likeness (QED) is 0.316. The van der Waals surface area contributed by atoms with Crippen LogP contribution >= 0.6 is 23.2 Å². The lowest BCUT2D eigenvalue weighted by atomic mass is 9.65. The smallest absolute Gasteiger partial charge is 0.315 e. The zero-order valence-electron chi connectivity index (χ0n) is 23.5. The van der Waals surface area contributed by atoms with Gasteiger partial charge in [0.1, 0.15) is 6.42 Å². The fraction of sp³-hybridized carbons (Fsp3) is 0.531. The Morgan fingerprint density at radius 2 is 1.59 bits per heavy atom. The Morgan fingerprint density at radius 3 is 2.17 bits per heavy atom. The molecule has 0 radical (unpaired) electrons. The van der Waals surface area contributed by atoms with E-state index in [-0.39, 0.29) is 48.9 Å². The predicted octanol–water partition coefficient (Wildman–Crippen LogP) is 5.33. The number of nitrogens with zero attached hydrogens (tertiary/aromatic N) is 1. The summed E-state index contributed by atoms with van der Waals surface area (Å²) in [5, 5.41) is 8.56. The van der Waals surface area contributed by atoms with E-state index in [9.17, 15) is 14.4 Å². The lowest BCUT2D eigenvalue weighted by Gasteiger charge is -2.47. The van der Waals surface area contributed by atoms with Gasteiger partial charge in [-0.1, -0.05) is 47.5 Å². The second-order valence-corrected chi connectivity index (χ2v) is 12.5. The minimum atomic E-state index is -0.473. The number of carbonyl (C=O) groups is 3. The van der Waals surface area contributed by atoms with Gasteiger partial charge < -0.3 is 20.3 Å². The number of hydrogen-bond donors (Lipinski definition) is 2. The average molecular weight is 601 g/mol. The van der Waals surface area contributed by atoms with Crippen molar-refractivity contribution in [3.05, 3.63) is 69.7 Å². The molecule has 4 unspecified atom stereocenters. The van der Waals surface area contributed by atoms with Crippen LogP contribution < -0.4 is 10.6 Å². The molecule has 3 fully saturated rings. The summed E-state index contributed by atoms with van der Waals surface area (Å²) < 4.78 is 4.93. The van der Waals surface area contributed by atoms with Gasteiger partial charge in [-0.3, -0.25) is 14.4 Å². The normalized spacial score (nSPS) is 25.0.